The lowest BCUT2D eigenvalue weighted by Crippen LogP contribution is -2.37. The number of imidazole rings is 1. The molecule has 0 saturated carbocycles. The zero-order valence-corrected chi connectivity index (χ0v) is 18.2. The molecular weight excluding hydrogens is 411 g/mol. The van der Waals surface area contributed by atoms with Gasteiger partial charge in [0.15, 0.2) is 0 Å². The first-order chi connectivity index (χ1) is 15.4. The Kier molecular flexibility index (Phi) is 5.94. The summed E-state index contributed by atoms with van der Waals surface area (Å²) in [5.74, 6) is -0.0818. The van der Waals surface area contributed by atoms with Gasteiger partial charge in [0.1, 0.15) is 23.4 Å². The molecule has 0 aliphatic carbocycles. The van der Waals surface area contributed by atoms with Crippen LogP contribution >= 0.6 is 0 Å². The minimum atomic E-state index is -0.569. The summed E-state index contributed by atoms with van der Waals surface area (Å²) in [6.45, 7) is 2.19. The number of ether oxygens (including phenoxy) is 1. The van der Waals surface area contributed by atoms with E-state index in [1.165, 1.54) is 12.1 Å². The van der Waals surface area contributed by atoms with Crippen molar-refractivity contribution in [3.05, 3.63) is 77.6 Å². The molecular formula is C24H25FN4O3. The van der Waals surface area contributed by atoms with Gasteiger partial charge in [-0.15, -0.1) is 0 Å². The number of carbonyl (C=O) groups excluding carboxylic acids is 2. The molecule has 1 N–H and O–H groups in total. The van der Waals surface area contributed by atoms with Crippen LogP contribution in [0, 0.1) is 18.7 Å². The van der Waals surface area contributed by atoms with E-state index < -0.39 is 12.0 Å². The summed E-state index contributed by atoms with van der Waals surface area (Å²) in [5, 5.41) is 3.02. The highest BCUT2D eigenvalue weighted by molar-refractivity contribution is 6.01. The molecule has 1 aromatic heterocycles. The van der Waals surface area contributed by atoms with Gasteiger partial charge in [-0.3, -0.25) is 9.59 Å². The second kappa shape index (κ2) is 8.82. The molecule has 3 aromatic rings. The lowest BCUT2D eigenvalue weighted by atomic mass is 10.0. The number of aryl methyl sites for hydroxylation is 2. The average molecular weight is 436 g/mol. The summed E-state index contributed by atoms with van der Waals surface area (Å²) in [4.78, 5) is 32.0. The van der Waals surface area contributed by atoms with E-state index in [4.69, 9.17) is 4.74 Å². The molecule has 0 bridgehead atoms. The first-order valence-corrected chi connectivity index (χ1v) is 10.4. The lowest BCUT2D eigenvalue weighted by molar-refractivity contribution is -0.126. The number of anilines is 1. The maximum atomic E-state index is 13.5. The van der Waals surface area contributed by atoms with Crippen LogP contribution in [0.1, 0.15) is 29.4 Å². The quantitative estimate of drug-likeness (QED) is 0.644. The first kappa shape index (κ1) is 21.5. The Hall–Kier alpha value is -3.68. The maximum absolute atomic E-state index is 13.5. The fraction of sp³-hybridized carbons (Fsp3) is 0.292. The van der Waals surface area contributed by atoms with E-state index in [9.17, 15) is 14.0 Å². The number of methoxy groups -OCH3 is 1. The topological polar surface area (TPSA) is 76.5 Å². The molecule has 2 unspecified atom stereocenters. The van der Waals surface area contributed by atoms with Crippen LogP contribution in [0.5, 0.6) is 5.75 Å². The van der Waals surface area contributed by atoms with Gasteiger partial charge >= 0.3 is 0 Å². The summed E-state index contributed by atoms with van der Waals surface area (Å²) in [6, 6.07) is 11.0. The van der Waals surface area contributed by atoms with Gasteiger partial charge in [0.05, 0.1) is 18.7 Å². The molecule has 32 heavy (non-hydrogen) atoms. The predicted octanol–water partition coefficient (Wildman–Crippen LogP) is 3.13. The third-order valence-electron chi connectivity index (χ3n) is 5.73. The van der Waals surface area contributed by atoms with Gasteiger partial charge in [-0.25, -0.2) is 9.37 Å². The van der Waals surface area contributed by atoms with Crippen LogP contribution in [-0.2, 0) is 16.6 Å². The highest BCUT2D eigenvalue weighted by Crippen LogP contribution is 2.34. The molecule has 7 nitrogen and oxygen atoms in total. The van der Waals surface area contributed by atoms with Crippen molar-refractivity contribution in [3.8, 4) is 5.75 Å². The molecule has 1 saturated heterocycles. The average Bonchev–Trinajstić information content (AvgIpc) is 3.38. The Labute approximate surface area is 185 Å². The zero-order valence-electron chi connectivity index (χ0n) is 18.2. The standard InChI is InChI=1S/C24H25FN4O3/c1-15-4-9-20(32-3)19(12-15)29-14-17(13-21(29)30)24(31)27-22(23-26-10-11-28(23)2)16-5-7-18(25)8-6-16/h4-12,17,22H,13-14H2,1-3H3,(H,27,31). The second-order valence-electron chi connectivity index (χ2n) is 7.97. The number of carbonyl (C=O) groups is 2. The van der Waals surface area contributed by atoms with Crippen molar-refractivity contribution < 1.29 is 18.7 Å². The van der Waals surface area contributed by atoms with Crippen LogP contribution < -0.4 is 15.0 Å². The molecule has 1 aliphatic rings. The Balaban J connectivity index is 1.57. The fourth-order valence-electron chi connectivity index (χ4n) is 3.99. The van der Waals surface area contributed by atoms with Gasteiger partial charge in [-0.1, -0.05) is 18.2 Å². The van der Waals surface area contributed by atoms with Crippen molar-refractivity contribution in [1.82, 2.24) is 14.9 Å². The summed E-state index contributed by atoms with van der Waals surface area (Å²) in [6.07, 6.45) is 3.52. The molecule has 4 rings (SSSR count). The SMILES string of the molecule is COc1ccc(C)cc1N1CC(C(=O)NC(c2ccc(F)cc2)c2nccn2C)CC1=O. The van der Waals surface area contributed by atoms with Gasteiger partial charge in [0.25, 0.3) is 0 Å². The summed E-state index contributed by atoms with van der Waals surface area (Å²) >= 11 is 0. The molecule has 2 amide bonds. The number of hydrogen-bond donors (Lipinski definition) is 1. The molecule has 0 spiro atoms. The number of nitrogens with one attached hydrogen (secondary N) is 1. The molecule has 1 fully saturated rings. The van der Waals surface area contributed by atoms with Crippen LogP contribution in [0.4, 0.5) is 10.1 Å². The Morgan fingerprint density at radius 1 is 1.25 bits per heavy atom. The molecule has 2 aromatic carbocycles. The molecule has 2 atom stereocenters. The van der Waals surface area contributed by atoms with E-state index in [1.54, 1.807) is 41.1 Å². The fourth-order valence-corrected chi connectivity index (χ4v) is 3.99. The Bertz CT molecular complexity index is 1140. The van der Waals surface area contributed by atoms with Crippen LogP contribution in [0.2, 0.25) is 0 Å². The summed E-state index contributed by atoms with van der Waals surface area (Å²) < 4.78 is 20.7. The number of rotatable bonds is 6. The van der Waals surface area contributed by atoms with Crippen LogP contribution in [0.15, 0.2) is 54.9 Å². The minimum absolute atomic E-state index is 0.0969. The van der Waals surface area contributed by atoms with Crippen LogP contribution in [0.25, 0.3) is 0 Å². The zero-order chi connectivity index (χ0) is 22.8. The van der Waals surface area contributed by atoms with Crippen molar-refractivity contribution in [2.75, 3.05) is 18.6 Å². The van der Waals surface area contributed by atoms with E-state index >= 15 is 0 Å². The highest BCUT2D eigenvalue weighted by Gasteiger charge is 2.37. The van der Waals surface area contributed by atoms with Crippen molar-refractivity contribution in [2.45, 2.75) is 19.4 Å². The van der Waals surface area contributed by atoms with E-state index in [1.807, 2.05) is 32.2 Å². The summed E-state index contributed by atoms with van der Waals surface area (Å²) in [7, 11) is 3.38. The number of benzene rings is 2. The van der Waals surface area contributed by atoms with Crippen molar-refractivity contribution in [2.24, 2.45) is 13.0 Å². The largest absolute Gasteiger partial charge is 0.495 e. The number of aromatic nitrogens is 2. The third kappa shape index (κ3) is 4.21. The smallest absolute Gasteiger partial charge is 0.227 e. The van der Waals surface area contributed by atoms with Gasteiger partial charge in [-0.2, -0.15) is 0 Å². The lowest BCUT2D eigenvalue weighted by Gasteiger charge is -2.22. The highest BCUT2D eigenvalue weighted by atomic mass is 19.1. The monoisotopic (exact) mass is 436 g/mol. The second-order valence-corrected chi connectivity index (χ2v) is 7.97. The summed E-state index contributed by atoms with van der Waals surface area (Å²) in [5.41, 5.74) is 2.36. The van der Waals surface area contributed by atoms with Crippen molar-refractivity contribution >= 4 is 17.5 Å². The Morgan fingerprint density at radius 2 is 2.00 bits per heavy atom. The first-order valence-electron chi connectivity index (χ1n) is 10.4. The molecule has 1 aliphatic heterocycles. The van der Waals surface area contributed by atoms with Crippen LogP contribution in [0.3, 0.4) is 0 Å². The maximum Gasteiger partial charge on any atom is 0.227 e. The molecule has 8 heteroatoms. The predicted molar refractivity (Wildman–Crippen MR) is 118 cm³/mol. The molecule has 166 valence electrons. The normalized spacial score (nSPS) is 16.8. The number of halogens is 1. The third-order valence-corrected chi connectivity index (χ3v) is 5.73. The number of hydrogen-bond acceptors (Lipinski definition) is 4. The van der Waals surface area contributed by atoms with Crippen LogP contribution in [-0.4, -0.2) is 35.0 Å². The van der Waals surface area contributed by atoms with E-state index in [0.717, 1.165) is 5.56 Å². The number of amides is 2. The Morgan fingerprint density at radius 3 is 2.66 bits per heavy atom. The van der Waals surface area contributed by atoms with E-state index in [0.29, 0.717) is 22.8 Å². The van der Waals surface area contributed by atoms with Gasteiger partial charge in [0, 0.05) is 32.4 Å². The van der Waals surface area contributed by atoms with E-state index in [-0.39, 0.29) is 30.6 Å². The van der Waals surface area contributed by atoms with Gasteiger partial charge in [-0.05, 0) is 42.3 Å². The number of nitrogens with zero attached hydrogens (tertiary/aromatic N) is 3. The van der Waals surface area contributed by atoms with Crippen molar-refractivity contribution in [3.63, 3.8) is 0 Å². The van der Waals surface area contributed by atoms with Gasteiger partial charge < -0.3 is 19.5 Å². The minimum Gasteiger partial charge on any atom is -0.495 e. The van der Waals surface area contributed by atoms with E-state index in [2.05, 4.69) is 10.3 Å². The van der Waals surface area contributed by atoms with Crippen molar-refractivity contribution in [1.29, 1.82) is 0 Å². The molecule has 0 radical (unpaired) electrons. The molecule has 2 heterocycles. The van der Waals surface area contributed by atoms with Gasteiger partial charge in [0.2, 0.25) is 11.8 Å².